The number of carbonyl (C=O) groups is 2. The number of primary amides is 1. The van der Waals surface area contributed by atoms with Gasteiger partial charge in [0.1, 0.15) is 0 Å². The largest absolute Gasteiger partial charge is 0.351 e. The van der Waals surface area contributed by atoms with Crippen LogP contribution in [0.4, 0.5) is 4.79 Å². The van der Waals surface area contributed by atoms with E-state index < -0.39 is 17.2 Å². The van der Waals surface area contributed by atoms with Crippen LogP contribution in [-0.4, -0.2) is 26.7 Å². The normalized spacial score (nSPS) is 12.6. The highest BCUT2D eigenvalue weighted by Crippen LogP contribution is 2.29. The fraction of sp³-hybridized carbons (Fsp3) is 0.412. The molecule has 0 aliphatic carbocycles. The number of hydrogen-bond donors (Lipinski definition) is 2. The Labute approximate surface area is 160 Å². The third-order valence-corrected chi connectivity index (χ3v) is 5.44. The number of hydrogen-bond acceptors (Lipinski definition) is 5. The van der Waals surface area contributed by atoms with Gasteiger partial charge in [0.2, 0.25) is 5.91 Å². The second kappa shape index (κ2) is 8.09. The molecule has 7 nitrogen and oxygen atoms in total. The van der Waals surface area contributed by atoms with E-state index in [1.165, 1.54) is 4.57 Å². The number of amides is 3. The number of thioether (sulfide) groups is 1. The average molecular weight is 397 g/mol. The monoisotopic (exact) mass is 396 g/mol. The first-order valence-electron chi connectivity index (χ1n) is 8.10. The van der Waals surface area contributed by atoms with E-state index in [1.807, 2.05) is 27.7 Å². The zero-order valence-corrected chi connectivity index (χ0v) is 16.5. The topological polar surface area (TPSA) is 107 Å². The minimum atomic E-state index is -0.916. The van der Waals surface area contributed by atoms with E-state index in [1.54, 1.807) is 18.2 Å². The van der Waals surface area contributed by atoms with Gasteiger partial charge in [-0.15, -0.1) is 0 Å². The van der Waals surface area contributed by atoms with Crippen LogP contribution in [0.25, 0.3) is 10.9 Å². The molecular formula is C17H21ClN4O3S. The van der Waals surface area contributed by atoms with Crippen molar-refractivity contribution < 1.29 is 9.59 Å². The van der Waals surface area contributed by atoms with Crippen molar-refractivity contribution in [3.63, 3.8) is 0 Å². The van der Waals surface area contributed by atoms with E-state index in [0.717, 1.165) is 11.8 Å². The molecule has 3 N–H and O–H groups in total. The highest BCUT2D eigenvalue weighted by Gasteiger charge is 2.27. The zero-order chi connectivity index (χ0) is 19.6. The summed E-state index contributed by atoms with van der Waals surface area (Å²) in [4.78, 5) is 40.8. The summed E-state index contributed by atoms with van der Waals surface area (Å²) in [7, 11) is 0. The second-order valence-corrected chi connectivity index (χ2v) is 8.01. The summed E-state index contributed by atoms with van der Waals surface area (Å²) in [6.45, 7) is 7.41. The average Bonchev–Trinajstić information content (AvgIpc) is 2.50. The third kappa shape index (κ3) is 4.37. The number of nitrogens with one attached hydrogen (secondary N) is 1. The Morgan fingerprint density at radius 2 is 1.92 bits per heavy atom. The molecule has 2 aromatic rings. The molecule has 1 unspecified atom stereocenters. The number of urea groups is 1. The zero-order valence-electron chi connectivity index (χ0n) is 14.9. The Morgan fingerprint density at radius 3 is 2.46 bits per heavy atom. The van der Waals surface area contributed by atoms with Crippen molar-refractivity contribution >= 4 is 46.2 Å². The number of carbonyl (C=O) groups excluding carboxylic acids is 2. The molecule has 0 aliphatic rings. The Kier molecular flexibility index (Phi) is 6.30. The lowest BCUT2D eigenvalue weighted by Gasteiger charge is -2.22. The van der Waals surface area contributed by atoms with Gasteiger partial charge in [-0.1, -0.05) is 37.2 Å². The second-order valence-electron chi connectivity index (χ2n) is 6.46. The molecule has 1 heterocycles. The molecule has 0 saturated carbocycles. The number of fused-ring (bicyclic) bond motifs is 1. The molecule has 3 amide bonds. The van der Waals surface area contributed by atoms with Gasteiger partial charge < -0.3 is 5.73 Å². The first kappa shape index (κ1) is 20.3. The van der Waals surface area contributed by atoms with Crippen LogP contribution in [0.5, 0.6) is 0 Å². The van der Waals surface area contributed by atoms with Gasteiger partial charge in [-0.25, -0.2) is 9.78 Å². The highest BCUT2D eigenvalue weighted by atomic mass is 35.5. The van der Waals surface area contributed by atoms with E-state index in [9.17, 15) is 14.4 Å². The van der Waals surface area contributed by atoms with Crippen molar-refractivity contribution in [3.8, 4) is 0 Å². The van der Waals surface area contributed by atoms with Gasteiger partial charge in [0.15, 0.2) is 5.16 Å². The van der Waals surface area contributed by atoms with Crippen LogP contribution in [-0.2, 0) is 4.79 Å². The fourth-order valence-electron chi connectivity index (χ4n) is 2.49. The molecule has 140 valence electrons. The number of imide groups is 1. The van der Waals surface area contributed by atoms with Crippen molar-refractivity contribution in [2.45, 2.75) is 44.1 Å². The lowest BCUT2D eigenvalue weighted by Crippen LogP contribution is -2.42. The van der Waals surface area contributed by atoms with Crippen LogP contribution < -0.4 is 16.6 Å². The Hall–Kier alpha value is -2.06. The minimum absolute atomic E-state index is 0.119. The molecule has 0 bridgehead atoms. The van der Waals surface area contributed by atoms with Crippen LogP contribution in [0.2, 0.25) is 5.02 Å². The number of rotatable bonds is 5. The molecule has 1 aromatic carbocycles. The smallest absolute Gasteiger partial charge is 0.318 e. The third-order valence-electron chi connectivity index (χ3n) is 3.69. The molecule has 0 fully saturated rings. The maximum atomic E-state index is 12.9. The van der Waals surface area contributed by atoms with E-state index in [0.29, 0.717) is 21.1 Å². The molecule has 1 atom stereocenters. The first-order chi connectivity index (χ1) is 12.1. The molecule has 0 saturated heterocycles. The van der Waals surface area contributed by atoms with Gasteiger partial charge in [-0.2, -0.15) is 0 Å². The fourth-order valence-corrected chi connectivity index (χ4v) is 3.88. The summed E-state index contributed by atoms with van der Waals surface area (Å²) in [6.07, 6.45) is 0. The van der Waals surface area contributed by atoms with Crippen LogP contribution >= 0.6 is 23.4 Å². The predicted molar refractivity (Wildman–Crippen MR) is 104 cm³/mol. The Morgan fingerprint density at radius 1 is 1.27 bits per heavy atom. The van der Waals surface area contributed by atoms with E-state index in [4.69, 9.17) is 17.3 Å². The molecule has 0 radical (unpaired) electrons. The summed E-state index contributed by atoms with van der Waals surface area (Å²) in [5, 5.41) is 2.76. The predicted octanol–water partition coefficient (Wildman–Crippen LogP) is 2.94. The van der Waals surface area contributed by atoms with Crippen LogP contribution in [0, 0.1) is 5.92 Å². The van der Waals surface area contributed by atoms with Gasteiger partial charge in [0.25, 0.3) is 5.56 Å². The molecule has 0 spiro atoms. The number of nitrogens with zero attached hydrogens (tertiary/aromatic N) is 2. The summed E-state index contributed by atoms with van der Waals surface area (Å²) >= 11 is 7.14. The van der Waals surface area contributed by atoms with Gasteiger partial charge in [-0.05, 0) is 38.0 Å². The molecule has 1 aromatic heterocycles. The molecule has 2 rings (SSSR count). The van der Waals surface area contributed by atoms with Crippen LogP contribution in [0.3, 0.4) is 0 Å². The van der Waals surface area contributed by atoms with E-state index in [-0.39, 0.29) is 17.5 Å². The molecular weight excluding hydrogens is 376 g/mol. The van der Waals surface area contributed by atoms with E-state index in [2.05, 4.69) is 10.3 Å². The van der Waals surface area contributed by atoms with Gasteiger partial charge in [-0.3, -0.25) is 19.5 Å². The van der Waals surface area contributed by atoms with Crippen molar-refractivity contribution in [3.05, 3.63) is 33.6 Å². The highest BCUT2D eigenvalue weighted by molar-refractivity contribution is 8.00. The van der Waals surface area contributed by atoms with Gasteiger partial charge in [0, 0.05) is 11.1 Å². The Bertz CT molecular complexity index is 911. The summed E-state index contributed by atoms with van der Waals surface area (Å²) < 4.78 is 1.54. The molecule has 0 aliphatic heterocycles. The SMILES string of the molecule is CC(C)C(Sc1nc2cc(Cl)ccc2c(=O)n1C(C)C)C(=O)NC(N)=O. The maximum absolute atomic E-state index is 12.9. The Balaban J connectivity index is 2.59. The quantitative estimate of drug-likeness (QED) is 0.596. The van der Waals surface area contributed by atoms with Crippen LogP contribution in [0.15, 0.2) is 28.2 Å². The molecule has 26 heavy (non-hydrogen) atoms. The van der Waals surface area contributed by atoms with Crippen molar-refractivity contribution in [1.82, 2.24) is 14.9 Å². The van der Waals surface area contributed by atoms with Crippen molar-refractivity contribution in [2.24, 2.45) is 11.7 Å². The number of aromatic nitrogens is 2. The summed E-state index contributed by atoms with van der Waals surface area (Å²) in [5.74, 6) is -0.639. The minimum Gasteiger partial charge on any atom is -0.351 e. The lowest BCUT2D eigenvalue weighted by atomic mass is 10.1. The maximum Gasteiger partial charge on any atom is 0.318 e. The van der Waals surface area contributed by atoms with Crippen LogP contribution in [0.1, 0.15) is 33.7 Å². The number of halogens is 1. The number of benzene rings is 1. The summed E-state index contributed by atoms with van der Waals surface area (Å²) in [6, 6.07) is 3.81. The van der Waals surface area contributed by atoms with Gasteiger partial charge >= 0.3 is 6.03 Å². The summed E-state index contributed by atoms with van der Waals surface area (Å²) in [5.41, 5.74) is 5.30. The van der Waals surface area contributed by atoms with Crippen molar-refractivity contribution in [2.75, 3.05) is 0 Å². The molecule has 9 heteroatoms. The standard InChI is InChI=1S/C17H21ClN4O3S/c1-8(2)13(14(23)21-16(19)25)26-17-20-12-7-10(18)5-6-11(12)15(24)22(17)9(3)4/h5-9,13H,1-4H3,(H3,19,21,23,25). The lowest BCUT2D eigenvalue weighted by molar-refractivity contribution is -0.120. The first-order valence-corrected chi connectivity index (χ1v) is 9.36. The van der Waals surface area contributed by atoms with Crippen molar-refractivity contribution in [1.29, 1.82) is 0 Å². The van der Waals surface area contributed by atoms with Gasteiger partial charge in [0.05, 0.1) is 16.2 Å². The van der Waals surface area contributed by atoms with E-state index >= 15 is 0 Å². The number of nitrogens with two attached hydrogens (primary N) is 1.